The van der Waals surface area contributed by atoms with E-state index in [1.54, 1.807) is 0 Å². The van der Waals surface area contributed by atoms with E-state index in [0.717, 1.165) is 27.8 Å². The molecule has 0 saturated carbocycles. The van der Waals surface area contributed by atoms with E-state index < -0.39 is 0 Å². The van der Waals surface area contributed by atoms with Crippen LogP contribution in [0.5, 0.6) is 11.5 Å². The Morgan fingerprint density at radius 2 is 1.83 bits per heavy atom. The lowest BCUT2D eigenvalue weighted by Gasteiger charge is -2.15. The van der Waals surface area contributed by atoms with Crippen LogP contribution in [0.25, 0.3) is 10.8 Å². The van der Waals surface area contributed by atoms with Crippen LogP contribution >= 0.6 is 11.6 Å². The molecule has 96 valence electrons. The molecule has 0 bridgehead atoms. The predicted octanol–water partition coefficient (Wildman–Crippen LogP) is 4.16. The molecular weight excluding hydrogens is 248 g/mol. The Morgan fingerprint density at radius 3 is 2.50 bits per heavy atom. The second kappa shape index (κ2) is 5.96. The summed E-state index contributed by atoms with van der Waals surface area (Å²) in [6.45, 7) is 5.20. The van der Waals surface area contributed by atoms with Gasteiger partial charge in [-0.05, 0) is 25.5 Å². The smallest absolute Gasteiger partial charge is 0.130 e. The molecule has 0 aliphatic rings. The Morgan fingerprint density at radius 1 is 1.11 bits per heavy atom. The molecule has 0 aliphatic heterocycles. The molecule has 2 aromatic rings. The molecule has 0 amide bonds. The predicted molar refractivity (Wildman–Crippen MR) is 76.1 cm³/mol. The summed E-state index contributed by atoms with van der Waals surface area (Å²) >= 11 is 5.67. The molecule has 2 aromatic carbocycles. The summed E-state index contributed by atoms with van der Waals surface area (Å²) in [5, 5.41) is 2.15. The van der Waals surface area contributed by atoms with Gasteiger partial charge in [0.05, 0.1) is 12.5 Å². The SMILES string of the molecule is CCOc1c(C)cc(OCCCl)c2ccccc12. The Bertz CT molecular complexity index is 537. The minimum atomic E-state index is 0.487. The minimum Gasteiger partial charge on any atom is -0.493 e. The zero-order valence-corrected chi connectivity index (χ0v) is 11.5. The highest BCUT2D eigenvalue weighted by atomic mass is 35.5. The van der Waals surface area contributed by atoms with Crippen molar-refractivity contribution in [2.24, 2.45) is 0 Å². The van der Waals surface area contributed by atoms with E-state index in [1.807, 2.05) is 38.1 Å². The molecule has 0 unspecified atom stereocenters. The first-order chi connectivity index (χ1) is 8.77. The third kappa shape index (κ3) is 2.54. The fraction of sp³-hybridized carbons (Fsp3) is 0.333. The van der Waals surface area contributed by atoms with Gasteiger partial charge >= 0.3 is 0 Å². The minimum absolute atomic E-state index is 0.487. The maximum absolute atomic E-state index is 5.73. The molecule has 0 saturated heterocycles. The average molecular weight is 265 g/mol. The lowest BCUT2D eigenvalue weighted by Crippen LogP contribution is -2.01. The van der Waals surface area contributed by atoms with Gasteiger partial charge in [-0.3, -0.25) is 0 Å². The highest BCUT2D eigenvalue weighted by Gasteiger charge is 2.10. The Balaban J connectivity index is 2.57. The van der Waals surface area contributed by atoms with Crippen LogP contribution in [0, 0.1) is 6.92 Å². The van der Waals surface area contributed by atoms with Crippen molar-refractivity contribution in [2.45, 2.75) is 13.8 Å². The molecule has 2 nitrogen and oxygen atoms in total. The summed E-state index contributed by atoms with van der Waals surface area (Å²) in [6.07, 6.45) is 0. The summed E-state index contributed by atoms with van der Waals surface area (Å²) in [5.74, 6) is 2.29. The number of halogens is 1. The van der Waals surface area contributed by atoms with Crippen molar-refractivity contribution in [3.05, 3.63) is 35.9 Å². The molecule has 0 spiro atoms. The summed E-state index contributed by atoms with van der Waals surface area (Å²) in [7, 11) is 0. The number of ether oxygens (including phenoxy) is 2. The number of alkyl halides is 1. The Hall–Kier alpha value is -1.41. The first kappa shape index (κ1) is 13.0. The first-order valence-electron chi connectivity index (χ1n) is 6.11. The molecular formula is C15H17ClO2. The standard InChI is InChI=1S/C15H17ClO2/c1-3-17-15-11(2)10-14(18-9-8-16)12-6-4-5-7-13(12)15/h4-7,10H,3,8-9H2,1-2H3. The number of aryl methyl sites for hydroxylation is 1. The lowest BCUT2D eigenvalue weighted by atomic mass is 10.0. The van der Waals surface area contributed by atoms with E-state index in [2.05, 4.69) is 6.07 Å². The van der Waals surface area contributed by atoms with E-state index in [1.165, 1.54) is 0 Å². The number of rotatable bonds is 5. The van der Waals surface area contributed by atoms with Gasteiger partial charge in [-0.15, -0.1) is 11.6 Å². The van der Waals surface area contributed by atoms with Crippen LogP contribution in [0.1, 0.15) is 12.5 Å². The fourth-order valence-corrected chi connectivity index (χ4v) is 2.13. The van der Waals surface area contributed by atoms with Crippen LogP contribution in [0.15, 0.2) is 30.3 Å². The third-order valence-electron chi connectivity index (χ3n) is 2.77. The summed E-state index contributed by atoms with van der Waals surface area (Å²) in [6, 6.07) is 10.1. The van der Waals surface area contributed by atoms with Gasteiger partial charge in [0, 0.05) is 10.8 Å². The van der Waals surface area contributed by atoms with Crippen LogP contribution < -0.4 is 9.47 Å². The number of fused-ring (bicyclic) bond motifs is 1. The molecule has 0 atom stereocenters. The molecule has 0 radical (unpaired) electrons. The molecule has 0 aliphatic carbocycles. The van der Waals surface area contributed by atoms with Gasteiger partial charge in [0.15, 0.2) is 0 Å². The second-order valence-electron chi connectivity index (χ2n) is 4.04. The molecule has 0 fully saturated rings. The Kier molecular flexibility index (Phi) is 4.32. The monoisotopic (exact) mass is 264 g/mol. The number of hydrogen-bond donors (Lipinski definition) is 0. The molecule has 18 heavy (non-hydrogen) atoms. The van der Waals surface area contributed by atoms with Crippen molar-refractivity contribution in [2.75, 3.05) is 19.1 Å². The van der Waals surface area contributed by atoms with Crippen molar-refractivity contribution in [3.63, 3.8) is 0 Å². The van der Waals surface area contributed by atoms with E-state index >= 15 is 0 Å². The number of hydrogen-bond acceptors (Lipinski definition) is 2. The Labute approximate surface area is 112 Å². The van der Waals surface area contributed by atoms with Crippen molar-refractivity contribution >= 4 is 22.4 Å². The molecule has 0 heterocycles. The van der Waals surface area contributed by atoms with Crippen molar-refractivity contribution in [1.29, 1.82) is 0 Å². The maximum atomic E-state index is 5.73. The quantitative estimate of drug-likeness (QED) is 0.755. The van der Waals surface area contributed by atoms with Gasteiger partial charge in [-0.25, -0.2) is 0 Å². The topological polar surface area (TPSA) is 18.5 Å². The van der Waals surface area contributed by atoms with Crippen molar-refractivity contribution in [3.8, 4) is 11.5 Å². The van der Waals surface area contributed by atoms with E-state index in [4.69, 9.17) is 21.1 Å². The lowest BCUT2D eigenvalue weighted by molar-refractivity contribution is 0.335. The normalized spacial score (nSPS) is 10.6. The first-order valence-corrected chi connectivity index (χ1v) is 6.65. The van der Waals surface area contributed by atoms with Gasteiger partial charge in [0.1, 0.15) is 18.1 Å². The van der Waals surface area contributed by atoms with Crippen LogP contribution in [-0.2, 0) is 0 Å². The molecule has 0 aromatic heterocycles. The summed E-state index contributed by atoms with van der Waals surface area (Å²) in [4.78, 5) is 0. The van der Waals surface area contributed by atoms with Crippen molar-refractivity contribution in [1.82, 2.24) is 0 Å². The van der Waals surface area contributed by atoms with Crippen LogP contribution in [0.3, 0.4) is 0 Å². The number of benzene rings is 2. The van der Waals surface area contributed by atoms with E-state index in [-0.39, 0.29) is 0 Å². The van der Waals surface area contributed by atoms with Gasteiger partial charge < -0.3 is 9.47 Å². The van der Waals surface area contributed by atoms with E-state index in [0.29, 0.717) is 19.1 Å². The van der Waals surface area contributed by atoms with Crippen LogP contribution in [0.2, 0.25) is 0 Å². The summed E-state index contributed by atoms with van der Waals surface area (Å²) < 4.78 is 11.4. The fourth-order valence-electron chi connectivity index (χ4n) is 2.05. The molecule has 0 N–H and O–H groups in total. The molecule has 3 heteroatoms. The third-order valence-corrected chi connectivity index (χ3v) is 2.92. The highest BCUT2D eigenvalue weighted by molar-refractivity contribution is 6.18. The zero-order chi connectivity index (χ0) is 13.0. The average Bonchev–Trinajstić information content (AvgIpc) is 2.40. The van der Waals surface area contributed by atoms with Gasteiger partial charge in [-0.1, -0.05) is 24.3 Å². The molecule has 2 rings (SSSR count). The second-order valence-corrected chi connectivity index (χ2v) is 4.41. The van der Waals surface area contributed by atoms with Gasteiger partial charge in [-0.2, -0.15) is 0 Å². The largest absolute Gasteiger partial charge is 0.493 e. The van der Waals surface area contributed by atoms with Crippen LogP contribution in [-0.4, -0.2) is 19.1 Å². The van der Waals surface area contributed by atoms with Gasteiger partial charge in [0.25, 0.3) is 0 Å². The van der Waals surface area contributed by atoms with Gasteiger partial charge in [0.2, 0.25) is 0 Å². The van der Waals surface area contributed by atoms with E-state index in [9.17, 15) is 0 Å². The zero-order valence-electron chi connectivity index (χ0n) is 10.7. The van der Waals surface area contributed by atoms with Crippen LogP contribution in [0.4, 0.5) is 0 Å². The highest BCUT2D eigenvalue weighted by Crippen LogP contribution is 2.36. The van der Waals surface area contributed by atoms with Crippen molar-refractivity contribution < 1.29 is 9.47 Å². The maximum Gasteiger partial charge on any atom is 0.130 e. The summed E-state index contributed by atoms with van der Waals surface area (Å²) in [5.41, 5.74) is 1.08.